The molecule has 0 saturated heterocycles. The molecule has 7 nitrogen and oxygen atoms in total. The molecule has 0 radical (unpaired) electrons. The Kier molecular flexibility index (Phi) is 5.73. The van der Waals surface area contributed by atoms with Gasteiger partial charge in [0.25, 0.3) is 5.56 Å². The van der Waals surface area contributed by atoms with E-state index in [9.17, 15) is 9.59 Å². The van der Waals surface area contributed by atoms with Crippen LogP contribution in [-0.2, 0) is 13.1 Å². The van der Waals surface area contributed by atoms with Gasteiger partial charge in [-0.25, -0.2) is 9.48 Å². The molecule has 0 saturated carbocycles. The number of anilines is 2. The second-order valence-corrected chi connectivity index (χ2v) is 6.24. The van der Waals surface area contributed by atoms with Crippen LogP contribution in [0.4, 0.5) is 16.2 Å². The van der Waals surface area contributed by atoms with Gasteiger partial charge in [-0.3, -0.25) is 4.79 Å². The monoisotopic (exact) mass is 383 g/mol. The van der Waals surface area contributed by atoms with Gasteiger partial charge in [0, 0.05) is 12.2 Å². The van der Waals surface area contributed by atoms with Gasteiger partial charge in [0.05, 0.1) is 18.4 Å². The molecular formula is C19H18ClN5O2. The molecule has 3 aromatic rings. The van der Waals surface area contributed by atoms with Crippen LogP contribution in [0.15, 0.2) is 65.6 Å². The smallest absolute Gasteiger partial charge is 0.316 e. The Morgan fingerprint density at radius 1 is 1.07 bits per heavy atom. The van der Waals surface area contributed by atoms with Crippen LogP contribution in [0.25, 0.3) is 0 Å². The first-order valence-corrected chi connectivity index (χ1v) is 8.59. The Bertz CT molecular complexity index is 987. The first kappa shape index (κ1) is 18.5. The van der Waals surface area contributed by atoms with Crippen molar-refractivity contribution in [3.63, 3.8) is 0 Å². The molecule has 2 aromatic carbocycles. The van der Waals surface area contributed by atoms with Crippen molar-refractivity contribution in [3.05, 3.63) is 87.3 Å². The summed E-state index contributed by atoms with van der Waals surface area (Å²) in [6.07, 6.45) is 1.54. The fraction of sp³-hybridized carbons (Fsp3) is 0.105. The summed E-state index contributed by atoms with van der Waals surface area (Å²) < 4.78 is 1.33. The van der Waals surface area contributed by atoms with Gasteiger partial charge < -0.3 is 16.4 Å². The van der Waals surface area contributed by atoms with E-state index in [1.807, 2.05) is 42.5 Å². The number of urea groups is 1. The summed E-state index contributed by atoms with van der Waals surface area (Å²) in [6, 6.07) is 16.1. The van der Waals surface area contributed by atoms with Crippen LogP contribution in [0.5, 0.6) is 0 Å². The molecule has 0 unspecified atom stereocenters. The number of nitrogens with zero attached hydrogens (tertiary/aromatic N) is 2. The van der Waals surface area contributed by atoms with Gasteiger partial charge in [-0.15, -0.1) is 0 Å². The number of carbonyl (C=O) groups excluding carboxylic acids is 1. The predicted molar refractivity (Wildman–Crippen MR) is 106 cm³/mol. The lowest BCUT2D eigenvalue weighted by Gasteiger charge is -2.11. The van der Waals surface area contributed by atoms with E-state index in [2.05, 4.69) is 15.7 Å². The zero-order valence-electron chi connectivity index (χ0n) is 14.4. The maximum absolute atomic E-state index is 12.4. The van der Waals surface area contributed by atoms with Crippen LogP contribution in [0, 0.1) is 0 Å². The summed E-state index contributed by atoms with van der Waals surface area (Å²) in [4.78, 5) is 23.3. The van der Waals surface area contributed by atoms with Crippen molar-refractivity contribution in [3.8, 4) is 0 Å². The highest BCUT2D eigenvalue weighted by Crippen LogP contribution is 2.17. The number of hydrogen-bond acceptors (Lipinski definition) is 4. The van der Waals surface area contributed by atoms with Crippen LogP contribution in [-0.4, -0.2) is 15.8 Å². The van der Waals surface area contributed by atoms with Gasteiger partial charge in [0.2, 0.25) is 0 Å². The van der Waals surface area contributed by atoms with E-state index >= 15 is 0 Å². The van der Waals surface area contributed by atoms with Gasteiger partial charge in [0.15, 0.2) is 0 Å². The molecule has 0 atom stereocenters. The topological polar surface area (TPSA) is 102 Å². The predicted octanol–water partition coefficient (Wildman–Crippen LogP) is 3.05. The van der Waals surface area contributed by atoms with Gasteiger partial charge in [-0.2, -0.15) is 5.10 Å². The molecule has 0 aliphatic carbocycles. The largest absolute Gasteiger partial charge is 0.378 e. The van der Waals surface area contributed by atoms with Crippen molar-refractivity contribution in [2.45, 2.75) is 13.1 Å². The molecule has 4 N–H and O–H groups in total. The fourth-order valence-electron chi connectivity index (χ4n) is 2.50. The first-order valence-electron chi connectivity index (χ1n) is 8.22. The van der Waals surface area contributed by atoms with Crippen molar-refractivity contribution in [2.75, 3.05) is 10.6 Å². The van der Waals surface area contributed by atoms with Gasteiger partial charge in [0.1, 0.15) is 5.02 Å². The quantitative estimate of drug-likeness (QED) is 0.608. The molecule has 0 bridgehead atoms. The molecule has 1 heterocycles. The summed E-state index contributed by atoms with van der Waals surface area (Å²) in [5, 5.41) is 9.87. The van der Waals surface area contributed by atoms with Crippen LogP contribution in [0.1, 0.15) is 11.1 Å². The van der Waals surface area contributed by atoms with Crippen molar-refractivity contribution < 1.29 is 4.79 Å². The SMILES string of the molecule is NC(=O)Nc1ccc(CNc2cnn(Cc3ccccc3)c(=O)c2Cl)cc1. The minimum atomic E-state index is -0.616. The standard InChI is InChI=1S/C19H18ClN5O2/c20-17-16(22-10-13-6-8-15(9-7-13)24-19(21)27)11-23-25(18(17)26)12-14-4-2-1-3-5-14/h1-9,11,22H,10,12H2,(H3,21,24,27). The highest BCUT2D eigenvalue weighted by molar-refractivity contribution is 6.32. The lowest BCUT2D eigenvalue weighted by molar-refractivity contribution is 0.259. The van der Waals surface area contributed by atoms with Crippen LogP contribution < -0.4 is 21.9 Å². The van der Waals surface area contributed by atoms with Crippen molar-refractivity contribution in [1.82, 2.24) is 9.78 Å². The Morgan fingerprint density at radius 2 is 1.78 bits per heavy atom. The fourth-order valence-corrected chi connectivity index (χ4v) is 2.72. The molecule has 0 aliphatic rings. The molecule has 2 amide bonds. The molecule has 0 fully saturated rings. The van der Waals surface area contributed by atoms with Gasteiger partial charge in [-0.05, 0) is 23.3 Å². The maximum atomic E-state index is 12.4. The summed E-state index contributed by atoms with van der Waals surface area (Å²) in [5.41, 5.74) is 7.69. The number of aromatic nitrogens is 2. The molecule has 1 aromatic heterocycles. The van der Waals surface area contributed by atoms with Crippen LogP contribution in [0.2, 0.25) is 5.02 Å². The lowest BCUT2D eigenvalue weighted by atomic mass is 10.2. The zero-order valence-corrected chi connectivity index (χ0v) is 15.1. The highest BCUT2D eigenvalue weighted by Gasteiger charge is 2.09. The second kappa shape index (κ2) is 8.37. The van der Waals surface area contributed by atoms with Crippen LogP contribution in [0.3, 0.4) is 0 Å². The normalized spacial score (nSPS) is 10.4. The number of carbonyl (C=O) groups is 1. The van der Waals surface area contributed by atoms with E-state index in [-0.39, 0.29) is 10.6 Å². The molecule has 8 heteroatoms. The van der Waals surface area contributed by atoms with E-state index in [1.54, 1.807) is 12.1 Å². The molecule has 0 aliphatic heterocycles. The average Bonchev–Trinajstić information content (AvgIpc) is 2.66. The van der Waals surface area contributed by atoms with Crippen LogP contribution >= 0.6 is 11.6 Å². The minimum Gasteiger partial charge on any atom is -0.378 e. The summed E-state index contributed by atoms with van der Waals surface area (Å²) in [5.74, 6) is 0. The maximum Gasteiger partial charge on any atom is 0.316 e. The Labute approximate surface area is 160 Å². The van der Waals surface area contributed by atoms with E-state index in [0.717, 1.165) is 11.1 Å². The van der Waals surface area contributed by atoms with E-state index in [4.69, 9.17) is 17.3 Å². The van der Waals surface area contributed by atoms with E-state index < -0.39 is 6.03 Å². The summed E-state index contributed by atoms with van der Waals surface area (Å²) in [6.45, 7) is 0.800. The molecule has 3 rings (SSSR count). The Hall–Kier alpha value is -3.32. The van der Waals surface area contributed by atoms with Gasteiger partial charge >= 0.3 is 6.03 Å². The van der Waals surface area contributed by atoms with Gasteiger partial charge in [-0.1, -0.05) is 54.1 Å². The Morgan fingerprint density at radius 3 is 2.44 bits per heavy atom. The number of primary amides is 1. The average molecular weight is 384 g/mol. The number of halogens is 1. The number of amides is 2. The third kappa shape index (κ3) is 4.86. The third-order valence-electron chi connectivity index (χ3n) is 3.86. The zero-order chi connectivity index (χ0) is 19.2. The number of nitrogens with two attached hydrogens (primary N) is 1. The summed E-state index contributed by atoms with van der Waals surface area (Å²) >= 11 is 6.22. The number of nitrogens with one attached hydrogen (secondary N) is 2. The van der Waals surface area contributed by atoms with Crippen molar-refractivity contribution in [2.24, 2.45) is 5.73 Å². The Balaban J connectivity index is 1.68. The minimum absolute atomic E-state index is 0.0907. The van der Waals surface area contributed by atoms with E-state index in [0.29, 0.717) is 24.5 Å². The molecular weight excluding hydrogens is 366 g/mol. The van der Waals surface area contributed by atoms with Crippen molar-refractivity contribution in [1.29, 1.82) is 0 Å². The van der Waals surface area contributed by atoms with Crippen molar-refractivity contribution >= 4 is 29.0 Å². The lowest BCUT2D eigenvalue weighted by Crippen LogP contribution is -2.24. The molecule has 138 valence electrons. The number of benzene rings is 2. The number of rotatable bonds is 6. The molecule has 27 heavy (non-hydrogen) atoms. The number of hydrogen-bond donors (Lipinski definition) is 3. The second-order valence-electron chi connectivity index (χ2n) is 5.86. The van der Waals surface area contributed by atoms with E-state index in [1.165, 1.54) is 10.9 Å². The third-order valence-corrected chi connectivity index (χ3v) is 4.23. The molecule has 0 spiro atoms. The highest BCUT2D eigenvalue weighted by atomic mass is 35.5. The first-order chi connectivity index (χ1) is 13.0. The summed E-state index contributed by atoms with van der Waals surface area (Å²) in [7, 11) is 0.